The molecule has 0 radical (unpaired) electrons. The van der Waals surface area contributed by atoms with Crippen LogP contribution in [0.2, 0.25) is 0 Å². The van der Waals surface area contributed by atoms with E-state index in [2.05, 4.69) is 10.6 Å². The average Bonchev–Trinajstić information content (AvgIpc) is 3.15. The number of fused-ring (bicyclic) bond motifs is 1. The summed E-state index contributed by atoms with van der Waals surface area (Å²) >= 11 is 0. The highest BCUT2D eigenvalue weighted by Crippen LogP contribution is 2.37. The van der Waals surface area contributed by atoms with Crippen LogP contribution in [0, 0.1) is 11.3 Å². The number of esters is 1. The molecule has 0 saturated carbocycles. The number of nitrogens with one attached hydrogen (secondary N) is 2. The molecule has 2 aromatic rings. The molecule has 1 spiro atoms. The van der Waals surface area contributed by atoms with Gasteiger partial charge in [-0.1, -0.05) is 13.8 Å². The number of rotatable bonds is 8. The van der Waals surface area contributed by atoms with Crippen LogP contribution in [-0.4, -0.2) is 60.0 Å². The maximum Gasteiger partial charge on any atom is 0.338 e. The molecule has 9 nitrogen and oxygen atoms in total. The summed E-state index contributed by atoms with van der Waals surface area (Å²) in [6.07, 6.45) is 3.27. The lowest BCUT2D eigenvalue weighted by Crippen LogP contribution is -2.41. The average molecular weight is 511 g/mol. The molecule has 9 heteroatoms. The summed E-state index contributed by atoms with van der Waals surface area (Å²) in [5, 5.41) is 10.8. The minimum absolute atomic E-state index is 0.00861. The Hall–Kier alpha value is -3.20. The van der Waals surface area contributed by atoms with Gasteiger partial charge in [-0.15, -0.1) is 0 Å². The van der Waals surface area contributed by atoms with Crippen molar-refractivity contribution in [1.29, 1.82) is 0 Å². The van der Waals surface area contributed by atoms with E-state index in [-0.39, 0.29) is 35.8 Å². The van der Waals surface area contributed by atoms with Gasteiger partial charge >= 0.3 is 5.97 Å². The Balaban J connectivity index is 1.42. The number of hydrogen-bond acceptors (Lipinski definition) is 6. The summed E-state index contributed by atoms with van der Waals surface area (Å²) in [5.41, 5.74) is 3.36. The zero-order valence-corrected chi connectivity index (χ0v) is 22.3. The number of carbonyl (C=O) groups is 3. The molecule has 1 saturated heterocycles. The van der Waals surface area contributed by atoms with E-state index >= 15 is 0 Å². The summed E-state index contributed by atoms with van der Waals surface area (Å²) < 4.78 is 13.1. The molecule has 0 aliphatic carbocycles. The first-order valence-corrected chi connectivity index (χ1v) is 13.2. The van der Waals surface area contributed by atoms with Crippen LogP contribution in [0.1, 0.15) is 83.0 Å². The summed E-state index contributed by atoms with van der Waals surface area (Å²) in [6, 6.07) is 6.50. The largest absolute Gasteiger partial charge is 0.462 e. The molecule has 2 amide bonds. The van der Waals surface area contributed by atoms with Crippen molar-refractivity contribution in [3.63, 3.8) is 0 Å². The third kappa shape index (κ3) is 6.21. The molecule has 37 heavy (non-hydrogen) atoms. The van der Waals surface area contributed by atoms with E-state index in [0.717, 1.165) is 30.7 Å². The van der Waals surface area contributed by atoms with E-state index in [9.17, 15) is 14.4 Å². The Morgan fingerprint density at radius 3 is 2.49 bits per heavy atom. The van der Waals surface area contributed by atoms with Gasteiger partial charge in [0.25, 0.3) is 11.8 Å². The Labute approximate surface area is 218 Å². The van der Waals surface area contributed by atoms with Gasteiger partial charge in [0.05, 0.1) is 29.1 Å². The van der Waals surface area contributed by atoms with Gasteiger partial charge in [-0.2, -0.15) is 5.10 Å². The third-order valence-electron chi connectivity index (χ3n) is 7.20. The van der Waals surface area contributed by atoms with Gasteiger partial charge in [0, 0.05) is 43.8 Å². The number of nitrogens with zero attached hydrogens (tertiary/aromatic N) is 2. The Kier molecular flexibility index (Phi) is 8.32. The lowest BCUT2D eigenvalue weighted by Gasteiger charge is -2.36. The molecule has 1 atom stereocenters. The summed E-state index contributed by atoms with van der Waals surface area (Å²) in [4.78, 5) is 37.8. The van der Waals surface area contributed by atoms with Crippen LogP contribution in [0.15, 0.2) is 24.3 Å². The Morgan fingerprint density at radius 1 is 1.16 bits per heavy atom. The van der Waals surface area contributed by atoms with E-state index in [1.165, 1.54) is 0 Å². The molecular weight excluding hydrogens is 472 g/mol. The molecule has 0 bridgehead atoms. The fourth-order valence-electron chi connectivity index (χ4n) is 5.08. The van der Waals surface area contributed by atoms with Gasteiger partial charge in [0.15, 0.2) is 0 Å². The predicted octanol–water partition coefficient (Wildman–Crippen LogP) is 3.16. The van der Waals surface area contributed by atoms with Crippen molar-refractivity contribution < 1.29 is 23.9 Å². The second kappa shape index (κ2) is 11.5. The van der Waals surface area contributed by atoms with Crippen LogP contribution in [0.25, 0.3) is 0 Å². The van der Waals surface area contributed by atoms with Gasteiger partial charge in [0.2, 0.25) is 0 Å². The first-order valence-electron chi connectivity index (χ1n) is 13.2. The summed E-state index contributed by atoms with van der Waals surface area (Å²) in [7, 11) is 0. The molecule has 2 N–H and O–H groups in total. The lowest BCUT2D eigenvalue weighted by atomic mass is 9.76. The second-order valence-electron chi connectivity index (χ2n) is 10.7. The van der Waals surface area contributed by atoms with Crippen LogP contribution in [0.3, 0.4) is 0 Å². The zero-order chi connectivity index (χ0) is 26.6. The van der Waals surface area contributed by atoms with Crippen LogP contribution in [0.4, 0.5) is 0 Å². The van der Waals surface area contributed by atoms with E-state index in [1.807, 2.05) is 32.4 Å². The molecule has 2 aliphatic heterocycles. The van der Waals surface area contributed by atoms with Gasteiger partial charge in [-0.25, -0.2) is 4.79 Å². The lowest BCUT2D eigenvalue weighted by molar-refractivity contribution is 0.0151. The SMILES string of the molecule is CCc1nn(C[C@@H](C)COC(=O)c2ccc(C(=O)NC(C)C)cc2)c2c1C(=O)NCC1(CCOCC1)C2. The Bertz CT molecular complexity index is 1130. The molecule has 0 unspecified atom stereocenters. The van der Waals surface area contributed by atoms with Crippen molar-refractivity contribution >= 4 is 17.8 Å². The molecule has 1 fully saturated rings. The van der Waals surface area contributed by atoms with Crippen molar-refractivity contribution in [1.82, 2.24) is 20.4 Å². The standard InChI is InChI=1S/C28H38N4O5/c1-5-22-24-23(14-28(17-29-26(24)34)10-12-36-13-11-28)32(31-22)15-19(4)16-37-27(35)21-8-6-20(7-9-21)25(33)30-18(2)3/h6-9,18-19H,5,10-17H2,1-4H3,(H,29,34)(H,30,33)/t19-/m1/s1. The highest BCUT2D eigenvalue weighted by Gasteiger charge is 2.39. The number of carbonyl (C=O) groups excluding carboxylic acids is 3. The smallest absolute Gasteiger partial charge is 0.338 e. The van der Waals surface area contributed by atoms with Gasteiger partial charge in [0.1, 0.15) is 0 Å². The van der Waals surface area contributed by atoms with Crippen molar-refractivity contribution in [3.8, 4) is 0 Å². The number of aromatic nitrogens is 2. The normalized spacial score (nSPS) is 17.6. The van der Waals surface area contributed by atoms with Gasteiger partial charge in [-0.3, -0.25) is 14.3 Å². The second-order valence-corrected chi connectivity index (χ2v) is 10.7. The fraction of sp³-hybridized carbons (Fsp3) is 0.571. The molecule has 3 heterocycles. The maximum atomic E-state index is 13.0. The van der Waals surface area contributed by atoms with Crippen molar-refractivity contribution in [2.75, 3.05) is 26.4 Å². The van der Waals surface area contributed by atoms with E-state index in [4.69, 9.17) is 14.6 Å². The first kappa shape index (κ1) is 26.9. The Morgan fingerprint density at radius 2 is 1.84 bits per heavy atom. The third-order valence-corrected chi connectivity index (χ3v) is 7.20. The number of benzene rings is 1. The van der Waals surface area contributed by atoms with E-state index in [1.54, 1.807) is 24.3 Å². The fourth-order valence-corrected chi connectivity index (χ4v) is 5.08. The van der Waals surface area contributed by atoms with Crippen molar-refractivity contribution in [2.45, 2.75) is 66.0 Å². The monoisotopic (exact) mass is 510 g/mol. The molecular formula is C28H38N4O5. The first-order chi connectivity index (χ1) is 17.7. The zero-order valence-electron chi connectivity index (χ0n) is 22.3. The molecule has 4 rings (SSSR count). The number of aryl methyl sites for hydroxylation is 1. The van der Waals surface area contributed by atoms with Crippen LogP contribution < -0.4 is 10.6 Å². The molecule has 1 aromatic carbocycles. The maximum absolute atomic E-state index is 13.0. The number of hydrogen-bond donors (Lipinski definition) is 2. The van der Waals surface area contributed by atoms with Crippen molar-refractivity contribution in [3.05, 3.63) is 52.3 Å². The quantitative estimate of drug-likeness (QED) is 0.528. The molecule has 1 aromatic heterocycles. The van der Waals surface area contributed by atoms with E-state index in [0.29, 0.717) is 49.4 Å². The van der Waals surface area contributed by atoms with Crippen LogP contribution in [0.5, 0.6) is 0 Å². The van der Waals surface area contributed by atoms with Crippen LogP contribution >= 0.6 is 0 Å². The van der Waals surface area contributed by atoms with Gasteiger partial charge < -0.3 is 20.1 Å². The minimum atomic E-state index is -0.434. The highest BCUT2D eigenvalue weighted by atomic mass is 16.5. The summed E-state index contributed by atoms with van der Waals surface area (Å²) in [5.74, 6) is -0.668. The minimum Gasteiger partial charge on any atom is -0.462 e. The molecule has 2 aliphatic rings. The number of ether oxygens (including phenoxy) is 2. The topological polar surface area (TPSA) is 112 Å². The number of amides is 2. The molecule has 200 valence electrons. The van der Waals surface area contributed by atoms with E-state index < -0.39 is 5.97 Å². The van der Waals surface area contributed by atoms with Gasteiger partial charge in [-0.05, 0) is 69.2 Å². The van der Waals surface area contributed by atoms with Crippen LogP contribution in [-0.2, 0) is 28.9 Å². The highest BCUT2D eigenvalue weighted by molar-refractivity contribution is 5.97. The summed E-state index contributed by atoms with van der Waals surface area (Å²) in [6.45, 7) is 10.6. The van der Waals surface area contributed by atoms with Crippen molar-refractivity contribution in [2.24, 2.45) is 11.3 Å². The predicted molar refractivity (Wildman–Crippen MR) is 139 cm³/mol.